The number of nitrogens with one attached hydrogen (secondary N) is 1. The van der Waals surface area contributed by atoms with Gasteiger partial charge < -0.3 is 5.32 Å². The van der Waals surface area contributed by atoms with Gasteiger partial charge in [0.2, 0.25) is 0 Å². The fraction of sp³-hybridized carbons (Fsp3) is 0.333. The summed E-state index contributed by atoms with van der Waals surface area (Å²) in [6.07, 6.45) is 0. The summed E-state index contributed by atoms with van der Waals surface area (Å²) in [7, 11) is 0. The van der Waals surface area contributed by atoms with E-state index in [0.717, 1.165) is 0 Å². The summed E-state index contributed by atoms with van der Waals surface area (Å²) in [5, 5.41) is 3.25. The minimum atomic E-state index is -0.158. The van der Waals surface area contributed by atoms with Gasteiger partial charge in [0.25, 0.3) is 0 Å². The zero-order valence-corrected chi connectivity index (χ0v) is 12.0. The van der Waals surface area contributed by atoms with Crippen molar-refractivity contribution in [2.45, 2.75) is 33.7 Å². The second kappa shape index (κ2) is 5.11. The second-order valence-electron chi connectivity index (χ2n) is 4.67. The maximum Gasteiger partial charge on any atom is 0.149 e. The van der Waals surface area contributed by atoms with Crippen LogP contribution in [-0.4, -0.2) is 0 Å². The second-order valence-corrected chi connectivity index (χ2v) is 6.13. The molecule has 0 radical (unpaired) electrons. The van der Waals surface area contributed by atoms with Crippen molar-refractivity contribution in [3.05, 3.63) is 51.0 Å². The standard InChI is InChI=1S/C15H18FNS/c1-9-6-5-7-14(15(9)16)17-11(3)13-8-10(2)18-12(13)4/h5-8,11,17H,1-4H3. The van der Waals surface area contributed by atoms with E-state index < -0.39 is 0 Å². The lowest BCUT2D eigenvalue weighted by atomic mass is 10.1. The topological polar surface area (TPSA) is 12.0 Å². The Labute approximate surface area is 112 Å². The van der Waals surface area contributed by atoms with Crippen LogP contribution in [0, 0.1) is 26.6 Å². The molecule has 1 heterocycles. The molecule has 2 aromatic rings. The lowest BCUT2D eigenvalue weighted by molar-refractivity contribution is 0.618. The summed E-state index contributed by atoms with van der Waals surface area (Å²) in [6.45, 7) is 8.06. The monoisotopic (exact) mass is 263 g/mol. The highest BCUT2D eigenvalue weighted by Crippen LogP contribution is 2.29. The van der Waals surface area contributed by atoms with Crippen LogP contribution in [0.3, 0.4) is 0 Å². The molecule has 1 aromatic carbocycles. The molecule has 0 aliphatic rings. The van der Waals surface area contributed by atoms with E-state index in [0.29, 0.717) is 11.3 Å². The Balaban J connectivity index is 2.24. The first-order valence-corrected chi connectivity index (χ1v) is 6.89. The lowest BCUT2D eigenvalue weighted by Gasteiger charge is -2.16. The zero-order chi connectivity index (χ0) is 13.3. The van der Waals surface area contributed by atoms with Crippen molar-refractivity contribution in [1.29, 1.82) is 0 Å². The highest BCUT2D eigenvalue weighted by molar-refractivity contribution is 7.12. The predicted molar refractivity (Wildman–Crippen MR) is 77.0 cm³/mol. The van der Waals surface area contributed by atoms with Crippen molar-refractivity contribution < 1.29 is 4.39 Å². The lowest BCUT2D eigenvalue weighted by Crippen LogP contribution is -2.08. The first kappa shape index (κ1) is 13.1. The van der Waals surface area contributed by atoms with E-state index >= 15 is 0 Å². The van der Waals surface area contributed by atoms with Crippen molar-refractivity contribution >= 4 is 17.0 Å². The van der Waals surface area contributed by atoms with E-state index in [1.807, 2.05) is 6.07 Å². The number of benzene rings is 1. The Morgan fingerprint density at radius 2 is 1.94 bits per heavy atom. The summed E-state index contributed by atoms with van der Waals surface area (Å²) in [5.74, 6) is -0.158. The normalized spacial score (nSPS) is 12.5. The van der Waals surface area contributed by atoms with Crippen LogP contribution in [-0.2, 0) is 0 Å². The van der Waals surface area contributed by atoms with E-state index in [4.69, 9.17) is 0 Å². The van der Waals surface area contributed by atoms with Crippen LogP contribution in [0.5, 0.6) is 0 Å². The fourth-order valence-electron chi connectivity index (χ4n) is 2.15. The fourth-order valence-corrected chi connectivity index (χ4v) is 3.17. The maximum absolute atomic E-state index is 13.9. The molecule has 0 saturated carbocycles. The van der Waals surface area contributed by atoms with Gasteiger partial charge in [-0.15, -0.1) is 11.3 Å². The Kier molecular flexibility index (Phi) is 3.71. The Morgan fingerprint density at radius 1 is 1.22 bits per heavy atom. The molecule has 1 nitrogen and oxygen atoms in total. The van der Waals surface area contributed by atoms with Gasteiger partial charge in [-0.1, -0.05) is 12.1 Å². The summed E-state index contributed by atoms with van der Waals surface area (Å²) >= 11 is 1.78. The van der Waals surface area contributed by atoms with E-state index in [-0.39, 0.29) is 11.9 Å². The summed E-state index contributed by atoms with van der Waals surface area (Å²) in [5.41, 5.74) is 2.49. The Hall–Kier alpha value is -1.35. The number of thiophene rings is 1. The molecule has 3 heteroatoms. The maximum atomic E-state index is 13.9. The van der Waals surface area contributed by atoms with Gasteiger partial charge in [-0.25, -0.2) is 4.39 Å². The quantitative estimate of drug-likeness (QED) is 0.823. The largest absolute Gasteiger partial charge is 0.376 e. The van der Waals surface area contributed by atoms with Gasteiger partial charge in [-0.05, 0) is 51.0 Å². The SMILES string of the molecule is Cc1cc(C(C)Nc2cccc(C)c2F)c(C)s1. The molecule has 0 saturated heterocycles. The van der Waals surface area contributed by atoms with Gasteiger partial charge in [0.1, 0.15) is 5.82 Å². The highest BCUT2D eigenvalue weighted by atomic mass is 32.1. The third-order valence-corrected chi connectivity index (χ3v) is 4.09. The minimum absolute atomic E-state index is 0.117. The molecule has 1 N–H and O–H groups in total. The van der Waals surface area contributed by atoms with Crippen LogP contribution in [0.4, 0.5) is 10.1 Å². The Morgan fingerprint density at radius 3 is 2.56 bits per heavy atom. The molecule has 1 aromatic heterocycles. The predicted octanol–water partition coefficient (Wildman–Crippen LogP) is 4.99. The van der Waals surface area contributed by atoms with Crippen LogP contribution < -0.4 is 5.32 Å². The van der Waals surface area contributed by atoms with Gasteiger partial charge in [0, 0.05) is 15.8 Å². The molecular weight excluding hydrogens is 245 g/mol. The van der Waals surface area contributed by atoms with Crippen LogP contribution in [0.15, 0.2) is 24.3 Å². The summed E-state index contributed by atoms with van der Waals surface area (Å²) in [4.78, 5) is 2.58. The van der Waals surface area contributed by atoms with Crippen molar-refractivity contribution in [3.8, 4) is 0 Å². The molecule has 0 spiro atoms. The summed E-state index contributed by atoms with van der Waals surface area (Å²) < 4.78 is 13.9. The summed E-state index contributed by atoms with van der Waals surface area (Å²) in [6, 6.07) is 7.73. The van der Waals surface area contributed by atoms with Crippen molar-refractivity contribution in [2.24, 2.45) is 0 Å². The molecule has 96 valence electrons. The van der Waals surface area contributed by atoms with E-state index in [1.165, 1.54) is 15.3 Å². The third-order valence-electron chi connectivity index (χ3n) is 3.11. The van der Waals surface area contributed by atoms with Crippen LogP contribution in [0.1, 0.15) is 33.8 Å². The number of hydrogen-bond donors (Lipinski definition) is 1. The number of rotatable bonds is 3. The van der Waals surface area contributed by atoms with Gasteiger partial charge in [0.15, 0.2) is 0 Å². The van der Waals surface area contributed by atoms with Crippen LogP contribution in [0.25, 0.3) is 0 Å². The number of hydrogen-bond acceptors (Lipinski definition) is 2. The molecule has 0 bridgehead atoms. The van der Waals surface area contributed by atoms with Gasteiger partial charge in [0.05, 0.1) is 5.69 Å². The first-order chi connectivity index (χ1) is 8.49. The molecule has 18 heavy (non-hydrogen) atoms. The van der Waals surface area contributed by atoms with Crippen molar-refractivity contribution in [2.75, 3.05) is 5.32 Å². The highest BCUT2D eigenvalue weighted by Gasteiger charge is 2.13. The van der Waals surface area contributed by atoms with Crippen molar-refractivity contribution in [1.82, 2.24) is 0 Å². The van der Waals surface area contributed by atoms with Gasteiger partial charge in [-0.2, -0.15) is 0 Å². The molecule has 0 aliphatic carbocycles. The van der Waals surface area contributed by atoms with Gasteiger partial charge in [-0.3, -0.25) is 0 Å². The Bertz CT molecular complexity index is 560. The number of anilines is 1. The third kappa shape index (κ3) is 2.56. The molecule has 0 aliphatic heterocycles. The zero-order valence-electron chi connectivity index (χ0n) is 11.2. The molecule has 1 unspecified atom stereocenters. The van der Waals surface area contributed by atoms with Crippen LogP contribution >= 0.6 is 11.3 Å². The van der Waals surface area contributed by atoms with E-state index in [1.54, 1.807) is 30.4 Å². The van der Waals surface area contributed by atoms with Crippen LogP contribution in [0.2, 0.25) is 0 Å². The van der Waals surface area contributed by atoms with E-state index in [9.17, 15) is 4.39 Å². The average molecular weight is 263 g/mol. The van der Waals surface area contributed by atoms with Crippen molar-refractivity contribution in [3.63, 3.8) is 0 Å². The van der Waals surface area contributed by atoms with Gasteiger partial charge >= 0.3 is 0 Å². The number of halogens is 1. The molecule has 2 rings (SSSR count). The number of aryl methyl sites for hydroxylation is 3. The molecule has 0 fully saturated rings. The molecular formula is C15H18FNS. The molecule has 0 amide bonds. The first-order valence-electron chi connectivity index (χ1n) is 6.07. The smallest absolute Gasteiger partial charge is 0.149 e. The van der Waals surface area contributed by atoms with E-state index in [2.05, 4.69) is 32.2 Å². The molecule has 1 atom stereocenters. The average Bonchev–Trinajstić information content (AvgIpc) is 2.64. The minimum Gasteiger partial charge on any atom is -0.376 e.